The van der Waals surface area contributed by atoms with E-state index in [2.05, 4.69) is 11.5 Å². The molecule has 1 aliphatic carbocycles. The van der Waals surface area contributed by atoms with E-state index in [9.17, 15) is 4.39 Å². The number of hydrogen-bond acceptors (Lipinski definition) is 3. The van der Waals surface area contributed by atoms with Crippen LogP contribution in [-0.2, 0) is 13.1 Å². The molecule has 2 N–H and O–H groups in total. The molecular weight excluding hydrogens is 337 g/mol. The van der Waals surface area contributed by atoms with E-state index in [1.54, 1.807) is 12.1 Å². The van der Waals surface area contributed by atoms with Crippen LogP contribution in [0.15, 0.2) is 43.0 Å². The lowest BCUT2D eigenvalue weighted by Crippen LogP contribution is -2.36. The van der Waals surface area contributed by atoms with Crippen molar-refractivity contribution in [1.82, 2.24) is 9.88 Å². The second-order valence-corrected chi connectivity index (χ2v) is 7.55. The topological polar surface area (TPSA) is 42.1 Å². The molecule has 0 amide bonds. The molecule has 0 unspecified atom stereocenters. The standard InChI is InChI=1S/C23H22FN3/c1-2-14-6-3-4-9-16(14)21-19(24)11-10-17-22(25)18-12-27(15-7-5-8-15)13-20(18)26-23(17)21/h2-4,6,9-11,15H,1,5,7-8,12-13H2,(H2,25,26). The van der Waals surface area contributed by atoms with Crippen LogP contribution in [0.4, 0.5) is 10.1 Å². The van der Waals surface area contributed by atoms with Gasteiger partial charge in [0.15, 0.2) is 0 Å². The lowest BCUT2D eigenvalue weighted by Gasteiger charge is -2.34. The fourth-order valence-electron chi connectivity index (χ4n) is 4.35. The van der Waals surface area contributed by atoms with Crippen molar-refractivity contribution in [1.29, 1.82) is 0 Å². The van der Waals surface area contributed by atoms with Crippen LogP contribution >= 0.6 is 0 Å². The van der Waals surface area contributed by atoms with E-state index >= 15 is 0 Å². The van der Waals surface area contributed by atoms with Crippen molar-refractivity contribution in [2.45, 2.75) is 38.4 Å². The van der Waals surface area contributed by atoms with Crippen LogP contribution in [0.2, 0.25) is 0 Å². The predicted octanol–water partition coefficient (Wildman–Crippen LogP) is 5.13. The lowest BCUT2D eigenvalue weighted by molar-refractivity contribution is 0.126. The summed E-state index contributed by atoms with van der Waals surface area (Å²) in [5.74, 6) is -0.280. The summed E-state index contributed by atoms with van der Waals surface area (Å²) >= 11 is 0. The van der Waals surface area contributed by atoms with Crippen LogP contribution in [0.1, 0.15) is 36.1 Å². The third-order valence-corrected chi connectivity index (χ3v) is 6.09. The van der Waals surface area contributed by atoms with Crippen LogP contribution in [-0.4, -0.2) is 15.9 Å². The molecule has 4 heteroatoms. The fraction of sp³-hybridized carbons (Fsp3) is 0.261. The SMILES string of the molecule is C=Cc1ccccc1-c1c(F)ccc2c(N)c3c(nc12)CN(C1CCC1)C3. The van der Waals surface area contributed by atoms with E-state index in [4.69, 9.17) is 10.7 Å². The van der Waals surface area contributed by atoms with Crippen molar-refractivity contribution < 1.29 is 4.39 Å². The molecule has 1 aliphatic heterocycles. The molecule has 0 spiro atoms. The number of rotatable bonds is 3. The molecule has 3 aromatic rings. The third kappa shape index (κ3) is 2.47. The van der Waals surface area contributed by atoms with Gasteiger partial charge in [-0.15, -0.1) is 0 Å². The highest BCUT2D eigenvalue weighted by molar-refractivity contribution is 6.02. The van der Waals surface area contributed by atoms with Crippen LogP contribution < -0.4 is 5.73 Å². The van der Waals surface area contributed by atoms with E-state index in [1.807, 2.05) is 24.3 Å². The van der Waals surface area contributed by atoms with Crippen LogP contribution in [0.3, 0.4) is 0 Å². The van der Waals surface area contributed by atoms with Gasteiger partial charge in [0.2, 0.25) is 0 Å². The first-order valence-electron chi connectivity index (χ1n) is 9.52. The molecule has 136 valence electrons. The highest BCUT2D eigenvalue weighted by atomic mass is 19.1. The monoisotopic (exact) mass is 359 g/mol. The highest BCUT2D eigenvalue weighted by Crippen LogP contribution is 2.40. The van der Waals surface area contributed by atoms with Gasteiger partial charge in [-0.3, -0.25) is 9.88 Å². The number of nitrogen functional groups attached to an aromatic ring is 1. The molecule has 2 heterocycles. The fourth-order valence-corrected chi connectivity index (χ4v) is 4.35. The maximum atomic E-state index is 14.9. The molecule has 2 aliphatic rings. The Morgan fingerprint density at radius 3 is 2.70 bits per heavy atom. The molecule has 2 aromatic carbocycles. The van der Waals surface area contributed by atoms with Gasteiger partial charge in [0.25, 0.3) is 0 Å². The van der Waals surface area contributed by atoms with Gasteiger partial charge < -0.3 is 5.73 Å². The number of anilines is 1. The summed E-state index contributed by atoms with van der Waals surface area (Å²) in [4.78, 5) is 7.39. The third-order valence-electron chi connectivity index (χ3n) is 6.09. The van der Waals surface area contributed by atoms with Gasteiger partial charge in [0.05, 0.1) is 11.2 Å². The van der Waals surface area contributed by atoms with Crippen molar-refractivity contribution >= 4 is 22.7 Å². The Morgan fingerprint density at radius 2 is 1.96 bits per heavy atom. The Hall–Kier alpha value is -2.72. The molecule has 5 rings (SSSR count). The minimum atomic E-state index is -0.280. The average molecular weight is 359 g/mol. The van der Waals surface area contributed by atoms with Crippen LogP contribution in [0, 0.1) is 5.82 Å². The van der Waals surface area contributed by atoms with Crippen molar-refractivity contribution in [2.24, 2.45) is 0 Å². The van der Waals surface area contributed by atoms with Gasteiger partial charge >= 0.3 is 0 Å². The first-order valence-corrected chi connectivity index (χ1v) is 9.52. The van der Waals surface area contributed by atoms with Gasteiger partial charge in [-0.25, -0.2) is 4.39 Å². The molecule has 0 atom stereocenters. The summed E-state index contributed by atoms with van der Waals surface area (Å²) in [5.41, 5.74) is 12.3. The van der Waals surface area contributed by atoms with E-state index < -0.39 is 0 Å². The Morgan fingerprint density at radius 1 is 1.15 bits per heavy atom. The molecule has 0 saturated heterocycles. The van der Waals surface area contributed by atoms with Crippen molar-refractivity contribution in [3.63, 3.8) is 0 Å². The second-order valence-electron chi connectivity index (χ2n) is 7.55. The predicted molar refractivity (Wildman–Crippen MR) is 109 cm³/mol. The van der Waals surface area contributed by atoms with Gasteiger partial charge in [0, 0.05) is 41.3 Å². The maximum absolute atomic E-state index is 14.9. The number of benzene rings is 2. The lowest BCUT2D eigenvalue weighted by atomic mass is 9.92. The van der Waals surface area contributed by atoms with Gasteiger partial charge in [0.1, 0.15) is 5.82 Å². The zero-order valence-corrected chi connectivity index (χ0v) is 15.2. The quantitative estimate of drug-likeness (QED) is 0.704. The summed E-state index contributed by atoms with van der Waals surface area (Å²) < 4.78 is 14.9. The number of fused-ring (bicyclic) bond motifs is 2. The van der Waals surface area contributed by atoms with Gasteiger partial charge in [-0.2, -0.15) is 0 Å². The normalized spacial score (nSPS) is 17.1. The second kappa shape index (κ2) is 6.17. The Balaban J connectivity index is 1.73. The smallest absolute Gasteiger partial charge is 0.133 e. The van der Waals surface area contributed by atoms with E-state index in [1.165, 1.54) is 25.3 Å². The number of pyridine rings is 1. The minimum Gasteiger partial charge on any atom is -0.398 e. The van der Waals surface area contributed by atoms with Crippen LogP contribution in [0.25, 0.3) is 28.1 Å². The number of nitrogens with two attached hydrogens (primary N) is 1. The minimum absolute atomic E-state index is 0.280. The first-order chi connectivity index (χ1) is 13.2. The Kier molecular flexibility index (Phi) is 3.76. The zero-order chi connectivity index (χ0) is 18.5. The first kappa shape index (κ1) is 16.5. The molecule has 1 saturated carbocycles. The highest BCUT2D eigenvalue weighted by Gasteiger charge is 2.32. The summed E-state index contributed by atoms with van der Waals surface area (Å²) in [6, 6.07) is 11.6. The molecule has 0 bridgehead atoms. The van der Waals surface area contributed by atoms with Crippen molar-refractivity contribution in [2.75, 3.05) is 5.73 Å². The summed E-state index contributed by atoms with van der Waals surface area (Å²) in [7, 11) is 0. The van der Waals surface area contributed by atoms with Crippen LogP contribution in [0.5, 0.6) is 0 Å². The molecular formula is C23H22FN3. The average Bonchev–Trinajstić information content (AvgIpc) is 3.04. The van der Waals surface area contributed by atoms with E-state index in [0.29, 0.717) is 17.1 Å². The maximum Gasteiger partial charge on any atom is 0.133 e. The number of hydrogen-bond donors (Lipinski definition) is 1. The number of nitrogens with zero attached hydrogens (tertiary/aromatic N) is 2. The molecule has 1 aromatic heterocycles. The van der Waals surface area contributed by atoms with Crippen molar-refractivity contribution in [3.05, 3.63) is 65.6 Å². The van der Waals surface area contributed by atoms with E-state index in [0.717, 1.165) is 46.5 Å². The molecule has 3 nitrogen and oxygen atoms in total. The van der Waals surface area contributed by atoms with Gasteiger partial charge in [-0.05, 0) is 36.1 Å². The largest absolute Gasteiger partial charge is 0.398 e. The Bertz CT molecular complexity index is 1070. The molecule has 27 heavy (non-hydrogen) atoms. The van der Waals surface area contributed by atoms with Gasteiger partial charge in [-0.1, -0.05) is 43.3 Å². The number of halogens is 1. The molecule has 0 radical (unpaired) electrons. The summed E-state index contributed by atoms with van der Waals surface area (Å²) in [6.45, 7) is 5.53. The molecule has 1 fully saturated rings. The zero-order valence-electron chi connectivity index (χ0n) is 15.2. The Labute approximate surface area is 158 Å². The van der Waals surface area contributed by atoms with E-state index in [-0.39, 0.29) is 5.82 Å². The number of aromatic nitrogens is 1. The summed E-state index contributed by atoms with van der Waals surface area (Å²) in [5, 5.41) is 0.833. The summed E-state index contributed by atoms with van der Waals surface area (Å²) in [6.07, 6.45) is 5.55. The van der Waals surface area contributed by atoms with Crippen molar-refractivity contribution in [3.8, 4) is 11.1 Å².